The maximum Gasteiger partial charge on any atom is 0.336 e. The van der Waals surface area contributed by atoms with E-state index in [4.69, 9.17) is 4.74 Å². The minimum absolute atomic E-state index is 0.110. The molecule has 0 heterocycles. The molecule has 0 saturated carbocycles. The molecule has 0 bridgehead atoms. The van der Waals surface area contributed by atoms with E-state index in [1.54, 1.807) is 30.3 Å². The van der Waals surface area contributed by atoms with Gasteiger partial charge in [0.05, 0.1) is 18.8 Å². The van der Waals surface area contributed by atoms with Crippen molar-refractivity contribution in [3.05, 3.63) is 115 Å². The summed E-state index contributed by atoms with van der Waals surface area (Å²) in [5.74, 6) is 0.000751. The predicted molar refractivity (Wildman–Crippen MR) is 146 cm³/mol. The van der Waals surface area contributed by atoms with Crippen LogP contribution in [0.2, 0.25) is 0 Å². The molecule has 37 heavy (non-hydrogen) atoms. The highest BCUT2D eigenvalue weighted by Crippen LogP contribution is 2.32. The highest BCUT2D eigenvalue weighted by atomic mass is 19.1. The van der Waals surface area contributed by atoms with Crippen molar-refractivity contribution in [2.75, 3.05) is 16.4 Å². The highest BCUT2D eigenvalue weighted by Gasteiger charge is 2.27. The standard InChI is InChI=1S/C31H25FN2O3/c1-2-37-25-17-15-24(16-18-25)33(31(36)34(21-35)30-14-8-7-13-29(30)32)20-28-26-11-5-3-9-22(26)19-23-10-4-6-12-27(23)28/h3-19,21H,2,20H2,1H3. The van der Waals surface area contributed by atoms with Gasteiger partial charge in [-0.15, -0.1) is 0 Å². The molecule has 0 aliphatic heterocycles. The first kappa shape index (κ1) is 24.0. The minimum Gasteiger partial charge on any atom is -0.494 e. The van der Waals surface area contributed by atoms with Crippen LogP contribution in [-0.4, -0.2) is 19.0 Å². The number of urea groups is 1. The molecule has 5 rings (SSSR count). The van der Waals surface area contributed by atoms with Crippen molar-refractivity contribution in [2.45, 2.75) is 13.5 Å². The largest absolute Gasteiger partial charge is 0.494 e. The molecule has 0 aliphatic rings. The summed E-state index contributed by atoms with van der Waals surface area (Å²) in [6, 6.07) is 30.2. The number of nitrogens with zero attached hydrogens (tertiary/aromatic N) is 2. The topological polar surface area (TPSA) is 49.9 Å². The zero-order chi connectivity index (χ0) is 25.8. The average Bonchev–Trinajstić information content (AvgIpc) is 2.93. The van der Waals surface area contributed by atoms with Crippen LogP contribution in [0.4, 0.5) is 20.6 Å². The van der Waals surface area contributed by atoms with E-state index in [1.807, 2.05) is 55.5 Å². The Morgan fingerprint density at radius 1 is 0.838 bits per heavy atom. The third-order valence-electron chi connectivity index (χ3n) is 6.31. The Kier molecular flexibility index (Phi) is 6.81. The molecule has 0 radical (unpaired) electrons. The predicted octanol–water partition coefficient (Wildman–Crippen LogP) is 7.32. The fourth-order valence-electron chi connectivity index (χ4n) is 4.58. The van der Waals surface area contributed by atoms with Gasteiger partial charge in [-0.05, 0) is 76.5 Å². The van der Waals surface area contributed by atoms with Crippen molar-refractivity contribution in [2.24, 2.45) is 0 Å². The first-order valence-electron chi connectivity index (χ1n) is 12.0. The summed E-state index contributed by atoms with van der Waals surface area (Å²) in [7, 11) is 0. The van der Waals surface area contributed by atoms with Crippen molar-refractivity contribution in [1.82, 2.24) is 0 Å². The van der Waals surface area contributed by atoms with E-state index in [-0.39, 0.29) is 12.2 Å². The SMILES string of the molecule is CCOc1ccc(N(Cc2c3ccccc3cc3ccccc23)C(=O)N(C=O)c2ccccc2F)cc1. The van der Waals surface area contributed by atoms with Gasteiger partial charge in [-0.1, -0.05) is 60.7 Å². The van der Waals surface area contributed by atoms with Crippen LogP contribution in [0.1, 0.15) is 12.5 Å². The smallest absolute Gasteiger partial charge is 0.336 e. The van der Waals surface area contributed by atoms with Crippen molar-refractivity contribution in [3.8, 4) is 5.75 Å². The zero-order valence-electron chi connectivity index (χ0n) is 20.3. The molecule has 5 aromatic rings. The van der Waals surface area contributed by atoms with E-state index in [0.717, 1.165) is 32.0 Å². The number of imide groups is 1. The molecule has 0 aromatic heterocycles. The fraction of sp³-hybridized carbons (Fsp3) is 0.0968. The normalized spacial score (nSPS) is 10.9. The number of fused-ring (bicyclic) bond motifs is 2. The number of anilines is 2. The summed E-state index contributed by atoms with van der Waals surface area (Å²) in [4.78, 5) is 28.4. The number of rotatable bonds is 7. The summed E-state index contributed by atoms with van der Waals surface area (Å²) in [5, 5.41) is 4.07. The molecular weight excluding hydrogens is 467 g/mol. The van der Waals surface area contributed by atoms with Crippen molar-refractivity contribution >= 4 is 45.4 Å². The van der Waals surface area contributed by atoms with E-state index in [0.29, 0.717) is 24.5 Å². The molecule has 5 aromatic carbocycles. The molecule has 184 valence electrons. The van der Waals surface area contributed by atoms with Crippen molar-refractivity contribution in [1.29, 1.82) is 0 Å². The summed E-state index contributed by atoms with van der Waals surface area (Å²) in [6.07, 6.45) is 0.351. The molecule has 0 unspecified atom stereocenters. The van der Waals surface area contributed by atoms with Gasteiger partial charge in [0.2, 0.25) is 6.41 Å². The number of ether oxygens (including phenoxy) is 1. The molecule has 0 atom stereocenters. The third-order valence-corrected chi connectivity index (χ3v) is 6.31. The van der Waals surface area contributed by atoms with Crippen LogP contribution in [0, 0.1) is 5.82 Å². The minimum atomic E-state index is -0.665. The lowest BCUT2D eigenvalue weighted by molar-refractivity contribution is -0.106. The number of benzene rings is 5. The number of carbonyl (C=O) groups excluding carboxylic acids is 2. The molecule has 3 amide bonds. The fourth-order valence-corrected chi connectivity index (χ4v) is 4.58. The van der Waals surface area contributed by atoms with E-state index >= 15 is 0 Å². The Morgan fingerprint density at radius 2 is 1.43 bits per heavy atom. The lowest BCUT2D eigenvalue weighted by atomic mass is 9.96. The van der Waals surface area contributed by atoms with E-state index in [2.05, 4.69) is 6.07 Å². The van der Waals surface area contributed by atoms with Gasteiger partial charge in [-0.25, -0.2) is 14.1 Å². The quantitative estimate of drug-likeness (QED) is 0.177. The summed E-state index contributed by atoms with van der Waals surface area (Å²) in [5.41, 5.74) is 1.37. The van der Waals surface area contributed by atoms with Gasteiger partial charge in [0.25, 0.3) is 0 Å². The molecule has 5 nitrogen and oxygen atoms in total. The number of hydrogen-bond acceptors (Lipinski definition) is 3. The van der Waals surface area contributed by atoms with Crippen LogP contribution in [-0.2, 0) is 11.3 Å². The molecule has 0 spiro atoms. The number of halogens is 1. The first-order valence-corrected chi connectivity index (χ1v) is 12.0. The molecule has 0 aliphatic carbocycles. The summed E-state index contributed by atoms with van der Waals surface area (Å²) >= 11 is 0. The lowest BCUT2D eigenvalue weighted by Crippen LogP contribution is -2.43. The Morgan fingerprint density at radius 3 is 2.03 bits per heavy atom. The van der Waals surface area contributed by atoms with Gasteiger partial charge in [0.15, 0.2) is 0 Å². The van der Waals surface area contributed by atoms with Gasteiger partial charge in [-0.3, -0.25) is 9.69 Å². The second-order valence-electron chi connectivity index (χ2n) is 8.52. The summed E-state index contributed by atoms with van der Waals surface area (Å²) < 4.78 is 20.2. The average molecular weight is 493 g/mol. The van der Waals surface area contributed by atoms with E-state index < -0.39 is 11.8 Å². The first-order chi connectivity index (χ1) is 18.1. The van der Waals surface area contributed by atoms with Gasteiger partial charge < -0.3 is 4.74 Å². The number of hydrogen-bond donors (Lipinski definition) is 0. The Labute approximate surface area is 214 Å². The second-order valence-corrected chi connectivity index (χ2v) is 8.52. The van der Waals surface area contributed by atoms with Crippen molar-refractivity contribution in [3.63, 3.8) is 0 Å². The maximum atomic E-state index is 14.6. The number of carbonyl (C=O) groups is 2. The van der Waals surface area contributed by atoms with E-state index in [9.17, 15) is 14.0 Å². The number of para-hydroxylation sites is 1. The van der Waals surface area contributed by atoms with Crippen LogP contribution in [0.15, 0.2) is 103 Å². The van der Waals surface area contributed by atoms with Crippen LogP contribution in [0.5, 0.6) is 5.75 Å². The monoisotopic (exact) mass is 492 g/mol. The number of amides is 3. The zero-order valence-corrected chi connectivity index (χ0v) is 20.3. The van der Waals surface area contributed by atoms with Crippen LogP contribution in [0.3, 0.4) is 0 Å². The van der Waals surface area contributed by atoms with Gasteiger partial charge in [0.1, 0.15) is 11.6 Å². The Bertz CT molecular complexity index is 1530. The maximum absolute atomic E-state index is 14.6. The third kappa shape index (κ3) is 4.74. The molecular formula is C31H25FN2O3. The molecule has 0 saturated heterocycles. The summed E-state index contributed by atoms with van der Waals surface area (Å²) in [6.45, 7) is 2.56. The molecule has 6 heteroatoms. The lowest BCUT2D eigenvalue weighted by Gasteiger charge is -2.29. The van der Waals surface area contributed by atoms with Crippen LogP contribution < -0.4 is 14.5 Å². The second kappa shape index (κ2) is 10.5. The van der Waals surface area contributed by atoms with Gasteiger partial charge in [-0.2, -0.15) is 0 Å². The molecule has 0 N–H and O–H groups in total. The Balaban J connectivity index is 1.66. The highest BCUT2D eigenvalue weighted by molar-refractivity contribution is 6.14. The van der Waals surface area contributed by atoms with E-state index in [1.165, 1.54) is 23.1 Å². The van der Waals surface area contributed by atoms with Gasteiger partial charge >= 0.3 is 6.03 Å². The van der Waals surface area contributed by atoms with Crippen LogP contribution >= 0.6 is 0 Å². The Hall–Kier alpha value is -4.71. The van der Waals surface area contributed by atoms with Crippen LogP contribution in [0.25, 0.3) is 21.5 Å². The van der Waals surface area contributed by atoms with Crippen molar-refractivity contribution < 1.29 is 18.7 Å². The molecule has 0 fully saturated rings. The van der Waals surface area contributed by atoms with Gasteiger partial charge in [0, 0.05) is 5.69 Å².